The fourth-order valence-corrected chi connectivity index (χ4v) is 2.67. The number of anilines is 1. The van der Waals surface area contributed by atoms with Crippen LogP contribution in [-0.4, -0.2) is 15.0 Å². The molecule has 3 N–H and O–H groups in total. The Labute approximate surface area is 103 Å². The van der Waals surface area contributed by atoms with Crippen molar-refractivity contribution in [3.05, 3.63) is 28.8 Å². The molecule has 0 atom stereocenters. The minimum absolute atomic E-state index is 0.732. The average Bonchev–Trinajstić information content (AvgIpc) is 2.83. The molecule has 0 bridgehead atoms. The number of fused-ring (bicyclic) bond motifs is 1. The highest BCUT2D eigenvalue weighted by molar-refractivity contribution is 7.14. The third-order valence-electron chi connectivity index (χ3n) is 2.71. The number of thiophene rings is 1. The molecule has 0 aromatic carbocycles. The van der Waals surface area contributed by atoms with Gasteiger partial charge in [0, 0.05) is 6.20 Å². The molecule has 0 fully saturated rings. The van der Waals surface area contributed by atoms with E-state index < -0.39 is 0 Å². The summed E-state index contributed by atoms with van der Waals surface area (Å²) in [5, 5.41) is 2.04. The van der Waals surface area contributed by atoms with Gasteiger partial charge >= 0.3 is 0 Å². The molecular weight excluding hydrogens is 232 g/mol. The lowest BCUT2D eigenvalue weighted by atomic mass is 10.3. The molecule has 0 aliphatic rings. The van der Waals surface area contributed by atoms with E-state index in [2.05, 4.69) is 15.0 Å². The first-order valence-electron chi connectivity index (χ1n) is 5.31. The second kappa shape index (κ2) is 3.56. The summed E-state index contributed by atoms with van der Waals surface area (Å²) in [5.74, 6) is 0.800. The number of hydrogen-bond acceptors (Lipinski definition) is 4. The van der Waals surface area contributed by atoms with Crippen LogP contribution in [0.2, 0.25) is 0 Å². The molecule has 0 saturated heterocycles. The number of H-pyrrole nitrogens is 1. The Balaban J connectivity index is 2.21. The van der Waals surface area contributed by atoms with Crippen LogP contribution < -0.4 is 5.73 Å². The molecule has 3 rings (SSSR count). The average molecular weight is 244 g/mol. The van der Waals surface area contributed by atoms with Crippen LogP contribution in [0.3, 0.4) is 0 Å². The number of hydrogen-bond donors (Lipinski definition) is 2. The quantitative estimate of drug-likeness (QED) is 0.691. The second-order valence-corrected chi connectivity index (χ2v) is 5.01. The van der Waals surface area contributed by atoms with Crippen LogP contribution in [0.5, 0.6) is 0 Å². The Morgan fingerprint density at radius 3 is 2.88 bits per heavy atom. The van der Waals surface area contributed by atoms with Gasteiger partial charge in [0.1, 0.15) is 0 Å². The molecule has 3 heterocycles. The van der Waals surface area contributed by atoms with Gasteiger partial charge < -0.3 is 10.7 Å². The standard InChI is InChI=1S/C12H12N4S/c1-6-3-8-11(14-4-6)16-12(15-8)10-9(13)7(2)5-17-10/h3-5H,13H2,1-2H3,(H,14,15,16). The van der Waals surface area contributed by atoms with Crippen LogP contribution in [0, 0.1) is 13.8 Å². The molecule has 4 nitrogen and oxygen atoms in total. The van der Waals surface area contributed by atoms with Gasteiger partial charge in [0.25, 0.3) is 0 Å². The molecule has 86 valence electrons. The maximum absolute atomic E-state index is 6.02. The van der Waals surface area contributed by atoms with E-state index in [1.807, 2.05) is 31.5 Å². The maximum Gasteiger partial charge on any atom is 0.178 e. The number of nitrogens with one attached hydrogen (secondary N) is 1. The van der Waals surface area contributed by atoms with Crippen molar-refractivity contribution in [2.75, 3.05) is 5.73 Å². The zero-order valence-corrected chi connectivity index (χ0v) is 10.4. The van der Waals surface area contributed by atoms with Crippen LogP contribution in [0.1, 0.15) is 11.1 Å². The summed E-state index contributed by atoms with van der Waals surface area (Å²) in [4.78, 5) is 13.0. The maximum atomic E-state index is 6.02. The van der Waals surface area contributed by atoms with Crippen molar-refractivity contribution in [2.45, 2.75) is 13.8 Å². The largest absolute Gasteiger partial charge is 0.397 e. The minimum Gasteiger partial charge on any atom is -0.397 e. The number of nitrogens with two attached hydrogens (primary N) is 1. The fourth-order valence-electron chi connectivity index (χ4n) is 1.75. The summed E-state index contributed by atoms with van der Waals surface area (Å²) >= 11 is 1.60. The highest BCUT2D eigenvalue weighted by Crippen LogP contribution is 2.33. The molecule has 3 aromatic rings. The third kappa shape index (κ3) is 1.59. The molecule has 0 spiro atoms. The Hall–Kier alpha value is -1.88. The van der Waals surface area contributed by atoms with E-state index in [1.165, 1.54) is 0 Å². The lowest BCUT2D eigenvalue weighted by Gasteiger charge is -1.94. The molecule has 3 aromatic heterocycles. The first-order chi connectivity index (χ1) is 8.15. The Morgan fingerprint density at radius 1 is 1.35 bits per heavy atom. The van der Waals surface area contributed by atoms with Crippen LogP contribution in [0.25, 0.3) is 21.9 Å². The number of rotatable bonds is 1. The minimum atomic E-state index is 0.732. The number of imidazole rings is 1. The van der Waals surface area contributed by atoms with Gasteiger partial charge in [-0.3, -0.25) is 0 Å². The van der Waals surface area contributed by atoms with Gasteiger partial charge in [-0.05, 0) is 36.4 Å². The van der Waals surface area contributed by atoms with Gasteiger partial charge in [-0.15, -0.1) is 11.3 Å². The summed E-state index contributed by atoms with van der Waals surface area (Å²) in [6.45, 7) is 4.01. The Kier molecular flexibility index (Phi) is 2.16. The van der Waals surface area contributed by atoms with Crippen molar-refractivity contribution in [1.82, 2.24) is 15.0 Å². The predicted octanol–water partition coefficient (Wildman–Crippen LogP) is 2.89. The smallest absolute Gasteiger partial charge is 0.178 e. The summed E-state index contributed by atoms with van der Waals surface area (Å²) < 4.78 is 0. The summed E-state index contributed by atoms with van der Waals surface area (Å²) in [7, 11) is 0. The Bertz CT molecular complexity index is 696. The second-order valence-electron chi connectivity index (χ2n) is 4.13. The number of nitrogen functional groups attached to an aromatic ring is 1. The van der Waals surface area contributed by atoms with Crippen molar-refractivity contribution in [3.8, 4) is 10.7 Å². The molecule has 5 heteroatoms. The molecule has 0 amide bonds. The normalized spacial score (nSPS) is 11.2. The first-order valence-corrected chi connectivity index (χ1v) is 6.19. The SMILES string of the molecule is Cc1cnc2nc(-c3scc(C)c3N)[nH]c2c1. The van der Waals surface area contributed by atoms with E-state index in [-0.39, 0.29) is 0 Å². The lowest BCUT2D eigenvalue weighted by Crippen LogP contribution is -1.88. The molecule has 0 aliphatic heterocycles. The van der Waals surface area contributed by atoms with Gasteiger partial charge in [-0.1, -0.05) is 0 Å². The molecule has 0 unspecified atom stereocenters. The van der Waals surface area contributed by atoms with Crippen molar-refractivity contribution >= 4 is 28.2 Å². The summed E-state index contributed by atoms with van der Waals surface area (Å²) in [5.41, 5.74) is 10.7. The number of aromatic nitrogens is 3. The highest BCUT2D eigenvalue weighted by Gasteiger charge is 2.12. The van der Waals surface area contributed by atoms with E-state index in [9.17, 15) is 0 Å². The van der Waals surface area contributed by atoms with Crippen molar-refractivity contribution in [1.29, 1.82) is 0 Å². The van der Waals surface area contributed by atoms with Crippen LogP contribution in [-0.2, 0) is 0 Å². The predicted molar refractivity (Wildman–Crippen MR) is 71.1 cm³/mol. The monoisotopic (exact) mass is 244 g/mol. The van der Waals surface area contributed by atoms with Crippen LogP contribution >= 0.6 is 11.3 Å². The van der Waals surface area contributed by atoms with Crippen molar-refractivity contribution in [3.63, 3.8) is 0 Å². The zero-order valence-electron chi connectivity index (χ0n) is 9.61. The number of nitrogens with zero attached hydrogens (tertiary/aromatic N) is 2. The number of pyridine rings is 1. The molecule has 0 aliphatic carbocycles. The van der Waals surface area contributed by atoms with Crippen LogP contribution in [0.4, 0.5) is 5.69 Å². The topological polar surface area (TPSA) is 67.6 Å². The van der Waals surface area contributed by atoms with Gasteiger partial charge in [0.15, 0.2) is 11.5 Å². The van der Waals surface area contributed by atoms with Gasteiger partial charge in [0.05, 0.1) is 16.1 Å². The molecular formula is C12H12N4S. The number of aromatic amines is 1. The van der Waals surface area contributed by atoms with Gasteiger partial charge in [-0.25, -0.2) is 9.97 Å². The van der Waals surface area contributed by atoms with E-state index in [1.54, 1.807) is 11.3 Å². The molecule has 0 saturated carbocycles. The summed E-state index contributed by atoms with van der Waals surface area (Å²) in [6, 6.07) is 2.04. The van der Waals surface area contributed by atoms with Gasteiger partial charge in [0.2, 0.25) is 0 Å². The fraction of sp³-hybridized carbons (Fsp3) is 0.167. The highest BCUT2D eigenvalue weighted by atomic mass is 32.1. The van der Waals surface area contributed by atoms with Crippen molar-refractivity contribution < 1.29 is 0 Å². The molecule has 17 heavy (non-hydrogen) atoms. The first kappa shape index (κ1) is 10.3. The molecule has 0 radical (unpaired) electrons. The van der Waals surface area contributed by atoms with E-state index in [0.717, 1.165) is 38.7 Å². The van der Waals surface area contributed by atoms with E-state index in [4.69, 9.17) is 5.73 Å². The lowest BCUT2D eigenvalue weighted by molar-refractivity contribution is 1.29. The van der Waals surface area contributed by atoms with E-state index in [0.29, 0.717) is 0 Å². The third-order valence-corrected chi connectivity index (χ3v) is 3.83. The van der Waals surface area contributed by atoms with Gasteiger partial charge in [-0.2, -0.15) is 0 Å². The van der Waals surface area contributed by atoms with E-state index >= 15 is 0 Å². The number of aryl methyl sites for hydroxylation is 2. The van der Waals surface area contributed by atoms with Crippen LogP contribution in [0.15, 0.2) is 17.6 Å². The van der Waals surface area contributed by atoms with Crippen molar-refractivity contribution in [2.24, 2.45) is 0 Å². The summed E-state index contributed by atoms with van der Waals surface area (Å²) in [6.07, 6.45) is 1.82. The zero-order chi connectivity index (χ0) is 12.0. The Morgan fingerprint density at radius 2 is 2.18 bits per heavy atom.